The first-order chi connectivity index (χ1) is 9.07. The van der Waals surface area contributed by atoms with E-state index in [0.29, 0.717) is 5.41 Å². The number of pyridine rings is 1. The Morgan fingerprint density at radius 3 is 2.89 bits per heavy atom. The van der Waals surface area contributed by atoms with E-state index >= 15 is 0 Å². The Kier molecular flexibility index (Phi) is 3.13. The van der Waals surface area contributed by atoms with E-state index in [2.05, 4.69) is 33.2 Å². The molecule has 0 atom stereocenters. The quantitative estimate of drug-likeness (QED) is 0.834. The average molecular weight is 320 g/mol. The second-order valence-corrected chi connectivity index (χ2v) is 6.69. The van der Waals surface area contributed by atoms with Crippen LogP contribution in [0.3, 0.4) is 0 Å². The molecule has 4 heteroatoms. The number of nitrogen functional groups attached to an aromatic ring is 1. The van der Waals surface area contributed by atoms with Gasteiger partial charge in [0.25, 0.3) is 0 Å². The van der Waals surface area contributed by atoms with Crippen LogP contribution in [0.25, 0.3) is 10.9 Å². The number of hydrogen-bond acceptors (Lipinski definition) is 3. The third-order valence-corrected chi connectivity index (χ3v) is 4.55. The van der Waals surface area contributed by atoms with E-state index in [-0.39, 0.29) is 0 Å². The van der Waals surface area contributed by atoms with Gasteiger partial charge in [0, 0.05) is 28.3 Å². The standard InChI is InChI=1S/C15H18BrN3/c1-15(5-2-6-15)9-19-13-4-3-12(17)11-7-10(16)8-18-14(11)13/h3-4,7-8,19H,2,5-6,9,17H2,1H3. The second kappa shape index (κ2) is 4.67. The van der Waals surface area contributed by atoms with Crippen molar-refractivity contribution in [3.63, 3.8) is 0 Å². The van der Waals surface area contributed by atoms with E-state index in [1.54, 1.807) is 0 Å². The minimum absolute atomic E-state index is 0.447. The molecule has 19 heavy (non-hydrogen) atoms. The summed E-state index contributed by atoms with van der Waals surface area (Å²) in [6.07, 6.45) is 5.79. The minimum atomic E-state index is 0.447. The number of hydrogen-bond donors (Lipinski definition) is 2. The van der Waals surface area contributed by atoms with Crippen LogP contribution in [0.1, 0.15) is 26.2 Å². The number of benzene rings is 1. The lowest BCUT2D eigenvalue weighted by atomic mass is 9.70. The van der Waals surface area contributed by atoms with Gasteiger partial charge in [-0.3, -0.25) is 4.98 Å². The predicted octanol–water partition coefficient (Wildman–Crippen LogP) is 4.18. The highest BCUT2D eigenvalue weighted by atomic mass is 79.9. The summed E-state index contributed by atoms with van der Waals surface area (Å²) in [4.78, 5) is 4.50. The van der Waals surface area contributed by atoms with Crippen LogP contribution in [-0.4, -0.2) is 11.5 Å². The van der Waals surface area contributed by atoms with Gasteiger partial charge in [0.2, 0.25) is 0 Å². The maximum atomic E-state index is 6.02. The van der Waals surface area contributed by atoms with Crippen LogP contribution in [-0.2, 0) is 0 Å². The van der Waals surface area contributed by atoms with Crippen LogP contribution in [0.15, 0.2) is 28.9 Å². The van der Waals surface area contributed by atoms with Crippen molar-refractivity contribution in [2.75, 3.05) is 17.6 Å². The van der Waals surface area contributed by atoms with Crippen LogP contribution in [0.2, 0.25) is 0 Å². The fraction of sp³-hybridized carbons (Fsp3) is 0.400. The predicted molar refractivity (Wildman–Crippen MR) is 84.3 cm³/mol. The Hall–Kier alpha value is -1.29. The van der Waals surface area contributed by atoms with E-state index in [0.717, 1.165) is 33.3 Å². The van der Waals surface area contributed by atoms with Gasteiger partial charge in [-0.15, -0.1) is 0 Å². The first-order valence-corrected chi connectivity index (χ1v) is 7.44. The second-order valence-electron chi connectivity index (χ2n) is 5.77. The Balaban J connectivity index is 1.93. The first-order valence-electron chi connectivity index (χ1n) is 6.65. The summed E-state index contributed by atoms with van der Waals surface area (Å²) in [5, 5.41) is 4.54. The molecule has 0 bridgehead atoms. The molecular formula is C15H18BrN3. The summed E-state index contributed by atoms with van der Waals surface area (Å²) in [5.41, 5.74) is 9.26. The van der Waals surface area contributed by atoms with E-state index in [4.69, 9.17) is 5.73 Å². The zero-order chi connectivity index (χ0) is 13.5. The summed E-state index contributed by atoms with van der Waals surface area (Å²) in [6, 6.07) is 6.00. The fourth-order valence-corrected chi connectivity index (χ4v) is 2.96. The molecule has 1 aromatic carbocycles. The molecule has 100 valence electrons. The molecule has 1 fully saturated rings. The van der Waals surface area contributed by atoms with E-state index in [9.17, 15) is 0 Å². The van der Waals surface area contributed by atoms with Crippen molar-refractivity contribution in [2.24, 2.45) is 5.41 Å². The lowest BCUT2D eigenvalue weighted by Gasteiger charge is -2.38. The zero-order valence-corrected chi connectivity index (χ0v) is 12.6. The minimum Gasteiger partial charge on any atom is -0.398 e. The number of nitrogens with two attached hydrogens (primary N) is 1. The molecule has 1 heterocycles. The lowest BCUT2D eigenvalue weighted by Crippen LogP contribution is -2.33. The van der Waals surface area contributed by atoms with E-state index < -0.39 is 0 Å². The van der Waals surface area contributed by atoms with Gasteiger partial charge in [-0.1, -0.05) is 13.3 Å². The van der Waals surface area contributed by atoms with Gasteiger partial charge in [0.05, 0.1) is 11.2 Å². The fourth-order valence-electron chi connectivity index (χ4n) is 2.62. The van der Waals surface area contributed by atoms with Gasteiger partial charge in [-0.05, 0) is 52.4 Å². The third kappa shape index (κ3) is 2.41. The molecule has 1 aliphatic rings. The highest BCUT2D eigenvalue weighted by Gasteiger charge is 2.31. The largest absolute Gasteiger partial charge is 0.398 e. The molecule has 0 aliphatic heterocycles. The maximum Gasteiger partial charge on any atom is 0.0954 e. The number of aromatic nitrogens is 1. The Morgan fingerprint density at radius 1 is 1.42 bits per heavy atom. The first kappa shape index (κ1) is 12.7. The molecule has 1 aliphatic carbocycles. The number of rotatable bonds is 3. The Labute approximate surface area is 121 Å². The van der Waals surface area contributed by atoms with Crippen molar-refractivity contribution < 1.29 is 0 Å². The molecule has 0 spiro atoms. The third-order valence-electron chi connectivity index (χ3n) is 4.12. The maximum absolute atomic E-state index is 6.02. The van der Waals surface area contributed by atoms with Gasteiger partial charge in [-0.2, -0.15) is 0 Å². The highest BCUT2D eigenvalue weighted by molar-refractivity contribution is 9.10. The smallest absolute Gasteiger partial charge is 0.0954 e. The molecule has 0 amide bonds. The molecule has 0 radical (unpaired) electrons. The summed E-state index contributed by atoms with van der Waals surface area (Å²) >= 11 is 3.44. The van der Waals surface area contributed by atoms with Crippen LogP contribution >= 0.6 is 15.9 Å². The van der Waals surface area contributed by atoms with Crippen LogP contribution < -0.4 is 11.1 Å². The van der Waals surface area contributed by atoms with E-state index in [1.165, 1.54) is 19.3 Å². The van der Waals surface area contributed by atoms with Crippen molar-refractivity contribution in [1.29, 1.82) is 0 Å². The van der Waals surface area contributed by atoms with Gasteiger partial charge < -0.3 is 11.1 Å². The van der Waals surface area contributed by atoms with Crippen LogP contribution in [0.4, 0.5) is 11.4 Å². The molecular weight excluding hydrogens is 302 g/mol. The van der Waals surface area contributed by atoms with E-state index in [1.807, 2.05) is 24.4 Å². The number of fused-ring (bicyclic) bond motifs is 1. The van der Waals surface area contributed by atoms with Gasteiger partial charge in [0.1, 0.15) is 0 Å². The molecule has 1 saturated carbocycles. The molecule has 1 aromatic heterocycles. The number of anilines is 2. The summed E-state index contributed by atoms with van der Waals surface area (Å²) in [6.45, 7) is 3.34. The van der Waals surface area contributed by atoms with Gasteiger partial charge >= 0.3 is 0 Å². The van der Waals surface area contributed by atoms with Gasteiger partial charge in [-0.25, -0.2) is 0 Å². The number of halogens is 1. The topological polar surface area (TPSA) is 50.9 Å². The monoisotopic (exact) mass is 319 g/mol. The molecule has 3 nitrogen and oxygen atoms in total. The summed E-state index contributed by atoms with van der Waals surface area (Å²) < 4.78 is 0.954. The normalized spacial score (nSPS) is 17.2. The molecule has 2 aromatic rings. The van der Waals surface area contributed by atoms with Crippen molar-refractivity contribution >= 4 is 38.2 Å². The van der Waals surface area contributed by atoms with Crippen LogP contribution in [0.5, 0.6) is 0 Å². The van der Waals surface area contributed by atoms with Crippen molar-refractivity contribution in [1.82, 2.24) is 4.98 Å². The van der Waals surface area contributed by atoms with Crippen molar-refractivity contribution in [2.45, 2.75) is 26.2 Å². The van der Waals surface area contributed by atoms with Crippen molar-refractivity contribution in [3.05, 3.63) is 28.9 Å². The SMILES string of the molecule is CC1(CNc2ccc(N)c3cc(Br)cnc23)CCC1. The highest BCUT2D eigenvalue weighted by Crippen LogP contribution is 2.40. The summed E-state index contributed by atoms with van der Waals surface area (Å²) in [5.74, 6) is 0. The Bertz CT molecular complexity index is 620. The lowest BCUT2D eigenvalue weighted by molar-refractivity contribution is 0.180. The molecule has 0 unspecified atom stereocenters. The number of nitrogens with one attached hydrogen (secondary N) is 1. The number of nitrogens with zero attached hydrogens (tertiary/aromatic N) is 1. The van der Waals surface area contributed by atoms with Gasteiger partial charge in [0.15, 0.2) is 0 Å². The van der Waals surface area contributed by atoms with Crippen LogP contribution in [0, 0.1) is 5.41 Å². The summed E-state index contributed by atoms with van der Waals surface area (Å²) in [7, 11) is 0. The molecule has 3 rings (SSSR count). The zero-order valence-electron chi connectivity index (χ0n) is 11.0. The Morgan fingerprint density at radius 2 is 2.21 bits per heavy atom. The average Bonchev–Trinajstić information content (AvgIpc) is 2.36. The van der Waals surface area contributed by atoms with Crippen molar-refractivity contribution in [3.8, 4) is 0 Å². The molecule has 3 N–H and O–H groups in total. The molecule has 0 saturated heterocycles.